The highest BCUT2D eigenvalue weighted by atomic mass is 16.5. The van der Waals surface area contributed by atoms with Gasteiger partial charge in [0.05, 0.1) is 13.2 Å². The van der Waals surface area contributed by atoms with Gasteiger partial charge in [0, 0.05) is 13.1 Å². The molecule has 88 valence electrons. The summed E-state index contributed by atoms with van der Waals surface area (Å²) in [6.07, 6.45) is 7.51. The Morgan fingerprint density at radius 1 is 1.27 bits per heavy atom. The fourth-order valence-corrected chi connectivity index (χ4v) is 1.09. The minimum absolute atomic E-state index is 0.913. The molecule has 0 spiro atoms. The van der Waals surface area contributed by atoms with Gasteiger partial charge in [-0.25, -0.2) is 0 Å². The predicted octanol–water partition coefficient (Wildman–Crippen LogP) is 2.87. The zero-order valence-corrected chi connectivity index (χ0v) is 10.6. The second-order valence-corrected chi connectivity index (χ2v) is 4.00. The molecular weight excluding hydrogens is 186 g/mol. The van der Waals surface area contributed by atoms with Gasteiger partial charge in [0.1, 0.15) is 0 Å². The molecule has 0 saturated carbocycles. The molecule has 15 heavy (non-hydrogen) atoms. The number of morpholine rings is 1. The van der Waals surface area contributed by atoms with Gasteiger partial charge in [0.15, 0.2) is 0 Å². The lowest BCUT2D eigenvalue weighted by atomic mass is 10.2. The third-order valence-corrected chi connectivity index (χ3v) is 2.13. The first-order valence-electron chi connectivity index (χ1n) is 5.67. The largest absolute Gasteiger partial charge is 0.379 e. The molecule has 2 heteroatoms. The van der Waals surface area contributed by atoms with Gasteiger partial charge in [-0.2, -0.15) is 0 Å². The van der Waals surface area contributed by atoms with Gasteiger partial charge < -0.3 is 9.64 Å². The maximum absolute atomic E-state index is 5.10. The first-order valence-corrected chi connectivity index (χ1v) is 5.67. The van der Waals surface area contributed by atoms with Gasteiger partial charge in [0.2, 0.25) is 0 Å². The standard InChI is InChI=1S/C8H14.C5H11NO/c1-4-5-6-7-8(2)3;1-6-2-4-7-5-3-6/h4-5,7H,6H2,1-3H3;2-5H2,1H3/b5-4+;. The highest BCUT2D eigenvalue weighted by molar-refractivity contribution is 4.98. The van der Waals surface area contributed by atoms with Crippen molar-refractivity contribution in [3.8, 4) is 0 Å². The number of hydrogen-bond acceptors (Lipinski definition) is 2. The lowest BCUT2D eigenvalue weighted by Gasteiger charge is -2.21. The van der Waals surface area contributed by atoms with E-state index in [1.807, 2.05) is 6.92 Å². The normalized spacial score (nSPS) is 17.1. The minimum atomic E-state index is 0.913. The van der Waals surface area contributed by atoms with Crippen molar-refractivity contribution in [2.45, 2.75) is 27.2 Å². The molecule has 0 aromatic carbocycles. The summed E-state index contributed by atoms with van der Waals surface area (Å²) >= 11 is 0. The number of nitrogens with zero attached hydrogens (tertiary/aromatic N) is 1. The zero-order chi connectivity index (χ0) is 11.5. The fourth-order valence-electron chi connectivity index (χ4n) is 1.09. The maximum atomic E-state index is 5.10. The molecule has 1 aliphatic heterocycles. The van der Waals surface area contributed by atoms with Gasteiger partial charge in [-0.15, -0.1) is 0 Å². The molecule has 0 aliphatic carbocycles. The SMILES string of the molecule is C/C=C/CC=C(C)C.CN1CCOCC1. The van der Waals surface area contributed by atoms with Crippen LogP contribution in [0.3, 0.4) is 0 Å². The molecule has 1 rings (SSSR count). The molecule has 1 fully saturated rings. The maximum Gasteiger partial charge on any atom is 0.0594 e. The molecule has 1 aliphatic rings. The second-order valence-electron chi connectivity index (χ2n) is 4.00. The zero-order valence-electron chi connectivity index (χ0n) is 10.6. The Labute approximate surface area is 94.6 Å². The van der Waals surface area contributed by atoms with Gasteiger partial charge in [0.25, 0.3) is 0 Å². The summed E-state index contributed by atoms with van der Waals surface area (Å²) in [6.45, 7) is 10.3. The smallest absolute Gasteiger partial charge is 0.0594 e. The monoisotopic (exact) mass is 211 g/mol. The lowest BCUT2D eigenvalue weighted by Crippen LogP contribution is -2.32. The summed E-state index contributed by atoms with van der Waals surface area (Å²) in [6, 6.07) is 0. The van der Waals surface area contributed by atoms with Crippen LogP contribution in [-0.4, -0.2) is 38.3 Å². The molecule has 0 aromatic rings. The first kappa shape index (κ1) is 14.4. The average molecular weight is 211 g/mol. The third kappa shape index (κ3) is 11.3. The highest BCUT2D eigenvalue weighted by Crippen LogP contribution is 1.92. The van der Waals surface area contributed by atoms with Crippen molar-refractivity contribution < 1.29 is 4.74 Å². The second kappa shape index (κ2) is 9.94. The van der Waals surface area contributed by atoms with Crippen LogP contribution in [0.2, 0.25) is 0 Å². The van der Waals surface area contributed by atoms with Gasteiger partial charge in [-0.1, -0.05) is 23.8 Å². The quantitative estimate of drug-likeness (QED) is 0.651. The Bertz CT molecular complexity index is 187. The Morgan fingerprint density at radius 2 is 1.87 bits per heavy atom. The summed E-state index contributed by atoms with van der Waals surface area (Å²) in [5.41, 5.74) is 1.39. The van der Waals surface area contributed by atoms with Crippen molar-refractivity contribution in [1.82, 2.24) is 4.90 Å². The summed E-state index contributed by atoms with van der Waals surface area (Å²) in [4.78, 5) is 2.27. The van der Waals surface area contributed by atoms with Gasteiger partial charge in [-0.3, -0.25) is 0 Å². The van der Waals surface area contributed by atoms with Crippen LogP contribution in [0, 0.1) is 0 Å². The van der Waals surface area contributed by atoms with Crippen molar-refractivity contribution in [3.63, 3.8) is 0 Å². The Hall–Kier alpha value is -0.600. The molecule has 0 aromatic heterocycles. The molecular formula is C13H25NO. The van der Waals surface area contributed by atoms with E-state index in [2.05, 4.69) is 44.0 Å². The van der Waals surface area contributed by atoms with Crippen molar-refractivity contribution in [1.29, 1.82) is 0 Å². The van der Waals surface area contributed by atoms with E-state index in [1.165, 1.54) is 5.57 Å². The molecule has 0 atom stereocenters. The fraction of sp³-hybridized carbons (Fsp3) is 0.692. The average Bonchev–Trinajstić information content (AvgIpc) is 2.20. The first-order chi connectivity index (χ1) is 7.16. The molecule has 0 bridgehead atoms. The van der Waals surface area contributed by atoms with Crippen molar-refractivity contribution in [3.05, 3.63) is 23.8 Å². The highest BCUT2D eigenvalue weighted by Gasteiger charge is 2.02. The molecule has 0 amide bonds. The predicted molar refractivity (Wildman–Crippen MR) is 67.2 cm³/mol. The Kier molecular flexibility index (Phi) is 9.54. The minimum Gasteiger partial charge on any atom is -0.379 e. The third-order valence-electron chi connectivity index (χ3n) is 2.13. The van der Waals surface area contributed by atoms with E-state index in [9.17, 15) is 0 Å². The number of ether oxygens (including phenoxy) is 1. The van der Waals surface area contributed by atoms with Crippen LogP contribution in [0.1, 0.15) is 27.2 Å². The molecule has 1 heterocycles. The number of likely N-dealkylation sites (N-methyl/N-ethyl adjacent to an activating group) is 1. The van der Waals surface area contributed by atoms with Gasteiger partial charge in [-0.05, 0) is 34.2 Å². The van der Waals surface area contributed by atoms with E-state index in [4.69, 9.17) is 4.74 Å². The van der Waals surface area contributed by atoms with Crippen LogP contribution >= 0.6 is 0 Å². The molecule has 0 unspecified atom stereocenters. The molecule has 1 saturated heterocycles. The van der Waals surface area contributed by atoms with Crippen LogP contribution in [0.25, 0.3) is 0 Å². The van der Waals surface area contributed by atoms with E-state index >= 15 is 0 Å². The number of rotatable bonds is 2. The van der Waals surface area contributed by atoms with E-state index in [0.29, 0.717) is 0 Å². The summed E-state index contributed by atoms with van der Waals surface area (Å²) < 4.78 is 5.10. The lowest BCUT2D eigenvalue weighted by molar-refractivity contribution is 0.0503. The van der Waals surface area contributed by atoms with E-state index < -0.39 is 0 Å². The van der Waals surface area contributed by atoms with E-state index in [-0.39, 0.29) is 0 Å². The van der Waals surface area contributed by atoms with Crippen LogP contribution in [0.15, 0.2) is 23.8 Å². The molecule has 2 nitrogen and oxygen atoms in total. The summed E-state index contributed by atoms with van der Waals surface area (Å²) in [5, 5.41) is 0. The topological polar surface area (TPSA) is 12.5 Å². The van der Waals surface area contributed by atoms with Gasteiger partial charge >= 0.3 is 0 Å². The van der Waals surface area contributed by atoms with Crippen molar-refractivity contribution in [2.24, 2.45) is 0 Å². The Balaban J connectivity index is 0.000000262. The molecule has 0 radical (unpaired) electrons. The van der Waals surface area contributed by atoms with Crippen molar-refractivity contribution >= 4 is 0 Å². The van der Waals surface area contributed by atoms with E-state index in [1.54, 1.807) is 0 Å². The molecule has 0 N–H and O–H groups in total. The van der Waals surface area contributed by atoms with Crippen LogP contribution < -0.4 is 0 Å². The number of hydrogen-bond donors (Lipinski definition) is 0. The Morgan fingerprint density at radius 3 is 2.20 bits per heavy atom. The van der Waals surface area contributed by atoms with Crippen LogP contribution in [-0.2, 0) is 4.74 Å². The van der Waals surface area contributed by atoms with Crippen LogP contribution in [0.5, 0.6) is 0 Å². The summed E-state index contributed by atoms with van der Waals surface area (Å²) in [5.74, 6) is 0. The van der Waals surface area contributed by atoms with E-state index in [0.717, 1.165) is 32.7 Å². The number of allylic oxidation sites excluding steroid dienone is 4. The van der Waals surface area contributed by atoms with Crippen LogP contribution in [0.4, 0.5) is 0 Å². The summed E-state index contributed by atoms with van der Waals surface area (Å²) in [7, 11) is 2.11. The van der Waals surface area contributed by atoms with Crippen molar-refractivity contribution in [2.75, 3.05) is 33.4 Å².